The van der Waals surface area contributed by atoms with Gasteiger partial charge in [-0.2, -0.15) is 0 Å². The topological polar surface area (TPSA) is 64.7 Å². The first-order chi connectivity index (χ1) is 13.5. The van der Waals surface area contributed by atoms with E-state index in [1.807, 2.05) is 30.3 Å². The van der Waals surface area contributed by atoms with E-state index in [1.165, 1.54) is 24.0 Å². The number of hydrogen-bond acceptors (Lipinski definition) is 5. The number of nitro benzene ring substituents is 1. The zero-order valence-electron chi connectivity index (χ0n) is 14.4. The highest BCUT2D eigenvalue weighted by Gasteiger charge is 2.15. The average Bonchev–Trinajstić information content (AvgIpc) is 2.68. The van der Waals surface area contributed by atoms with Crippen LogP contribution in [0.15, 0.2) is 81.7 Å². The number of rotatable bonds is 7. The molecule has 0 unspecified atom stereocenters. The second-order valence-corrected chi connectivity index (χ2v) is 7.60. The molecule has 3 rings (SSSR count). The zero-order chi connectivity index (χ0) is 19.9. The molecule has 0 aliphatic carbocycles. The molecule has 0 spiro atoms. The minimum Gasteiger partial charge on any atom is -0.391 e. The molecule has 0 aliphatic heterocycles. The third-order valence-electron chi connectivity index (χ3n) is 3.66. The lowest BCUT2D eigenvalue weighted by molar-refractivity contribution is -0.387. The molecule has 142 valence electrons. The van der Waals surface area contributed by atoms with Gasteiger partial charge in [0.05, 0.1) is 16.0 Å². The first kappa shape index (κ1) is 20.2. The molecule has 5 nitrogen and oxygen atoms in total. The van der Waals surface area contributed by atoms with E-state index in [0.717, 1.165) is 10.5 Å². The summed E-state index contributed by atoms with van der Waals surface area (Å²) in [6.45, 7) is 0.163. The predicted octanol–water partition coefficient (Wildman–Crippen LogP) is 6.60. The molecular formula is C20H14Cl2N2O3S. The summed E-state index contributed by atoms with van der Waals surface area (Å²) < 4.78 is 0. The van der Waals surface area contributed by atoms with Gasteiger partial charge >= 0.3 is 0 Å². The van der Waals surface area contributed by atoms with Crippen LogP contribution in [-0.4, -0.2) is 11.1 Å². The Morgan fingerprint density at radius 2 is 1.86 bits per heavy atom. The summed E-state index contributed by atoms with van der Waals surface area (Å²) in [7, 11) is 0. The van der Waals surface area contributed by atoms with Crippen molar-refractivity contribution in [3.63, 3.8) is 0 Å². The highest BCUT2D eigenvalue weighted by atomic mass is 35.5. The summed E-state index contributed by atoms with van der Waals surface area (Å²) in [4.78, 5) is 17.8. The Morgan fingerprint density at radius 1 is 1.07 bits per heavy atom. The van der Waals surface area contributed by atoms with Gasteiger partial charge in [0, 0.05) is 32.1 Å². The van der Waals surface area contributed by atoms with E-state index in [1.54, 1.807) is 30.3 Å². The highest BCUT2D eigenvalue weighted by molar-refractivity contribution is 7.99. The molecule has 3 aromatic rings. The van der Waals surface area contributed by atoms with Gasteiger partial charge < -0.3 is 4.84 Å². The Hall–Kier alpha value is -2.54. The summed E-state index contributed by atoms with van der Waals surface area (Å²) >= 11 is 13.3. The number of hydrogen-bond donors (Lipinski definition) is 0. The fourth-order valence-corrected chi connectivity index (χ4v) is 3.69. The molecular weight excluding hydrogens is 419 g/mol. The average molecular weight is 433 g/mol. The molecule has 0 heterocycles. The Kier molecular flexibility index (Phi) is 6.92. The molecule has 0 saturated heterocycles. The van der Waals surface area contributed by atoms with Crippen LogP contribution >= 0.6 is 35.0 Å². The SMILES string of the molecule is O=[N+]([O-])c1cc(/C=N\OCc2ccc(Cl)cc2Cl)ccc1Sc1ccccc1. The van der Waals surface area contributed by atoms with Crippen LogP contribution in [0.4, 0.5) is 5.69 Å². The van der Waals surface area contributed by atoms with Crippen LogP contribution in [0.2, 0.25) is 10.0 Å². The zero-order valence-corrected chi connectivity index (χ0v) is 16.7. The second kappa shape index (κ2) is 9.59. The molecule has 0 radical (unpaired) electrons. The number of halogens is 2. The van der Waals surface area contributed by atoms with Gasteiger partial charge in [0.2, 0.25) is 0 Å². The van der Waals surface area contributed by atoms with Gasteiger partial charge in [-0.15, -0.1) is 0 Å². The van der Waals surface area contributed by atoms with Crippen molar-refractivity contribution in [3.05, 3.63) is 98.0 Å². The van der Waals surface area contributed by atoms with E-state index in [-0.39, 0.29) is 12.3 Å². The summed E-state index contributed by atoms with van der Waals surface area (Å²) in [6, 6.07) is 19.5. The first-order valence-corrected chi connectivity index (χ1v) is 9.71. The molecule has 8 heteroatoms. The van der Waals surface area contributed by atoms with E-state index in [0.29, 0.717) is 20.5 Å². The molecule has 0 N–H and O–H groups in total. The minimum absolute atomic E-state index is 0.0125. The van der Waals surface area contributed by atoms with Crippen molar-refractivity contribution in [2.45, 2.75) is 16.4 Å². The van der Waals surface area contributed by atoms with E-state index in [9.17, 15) is 10.1 Å². The first-order valence-electron chi connectivity index (χ1n) is 8.13. The maximum atomic E-state index is 11.4. The maximum Gasteiger partial charge on any atom is 0.283 e. The van der Waals surface area contributed by atoms with Crippen LogP contribution in [0.1, 0.15) is 11.1 Å². The van der Waals surface area contributed by atoms with Crippen molar-refractivity contribution in [2.24, 2.45) is 5.16 Å². The number of nitrogens with zero attached hydrogens (tertiary/aromatic N) is 2. The van der Waals surface area contributed by atoms with Crippen molar-refractivity contribution in [3.8, 4) is 0 Å². The van der Waals surface area contributed by atoms with Crippen LogP contribution in [-0.2, 0) is 11.4 Å². The van der Waals surface area contributed by atoms with E-state index < -0.39 is 4.92 Å². The molecule has 0 fully saturated rings. The molecule has 0 aromatic heterocycles. The quantitative estimate of drug-likeness (QED) is 0.239. The maximum absolute atomic E-state index is 11.4. The number of benzene rings is 3. The van der Waals surface area contributed by atoms with Gasteiger partial charge in [-0.3, -0.25) is 10.1 Å². The van der Waals surface area contributed by atoms with Crippen molar-refractivity contribution < 1.29 is 9.76 Å². The summed E-state index contributed by atoms with van der Waals surface area (Å²) in [5.74, 6) is 0. The Balaban J connectivity index is 1.69. The van der Waals surface area contributed by atoms with Gasteiger partial charge in [-0.25, -0.2) is 0 Å². The fraction of sp³-hybridized carbons (Fsp3) is 0.0500. The molecule has 0 bridgehead atoms. The number of oxime groups is 1. The van der Waals surface area contributed by atoms with Gasteiger partial charge in [-0.1, -0.05) is 70.5 Å². The van der Waals surface area contributed by atoms with Crippen LogP contribution < -0.4 is 0 Å². The van der Waals surface area contributed by atoms with Gasteiger partial charge in [-0.05, 0) is 30.3 Å². The van der Waals surface area contributed by atoms with Gasteiger partial charge in [0.25, 0.3) is 5.69 Å². The van der Waals surface area contributed by atoms with Crippen LogP contribution in [0.25, 0.3) is 0 Å². The Bertz CT molecular complexity index is 1010. The summed E-state index contributed by atoms with van der Waals surface area (Å²) in [5, 5.41) is 16.3. The lowest BCUT2D eigenvalue weighted by Gasteiger charge is -2.05. The third-order valence-corrected chi connectivity index (χ3v) is 5.32. The minimum atomic E-state index is -0.406. The monoisotopic (exact) mass is 432 g/mol. The van der Waals surface area contributed by atoms with Crippen molar-refractivity contribution in [2.75, 3.05) is 0 Å². The van der Waals surface area contributed by atoms with Gasteiger partial charge in [0.1, 0.15) is 6.61 Å². The third kappa shape index (κ3) is 5.48. The fourth-order valence-electron chi connectivity index (χ4n) is 2.30. The van der Waals surface area contributed by atoms with E-state index in [4.69, 9.17) is 28.0 Å². The van der Waals surface area contributed by atoms with Crippen molar-refractivity contribution in [1.82, 2.24) is 0 Å². The lowest BCUT2D eigenvalue weighted by Crippen LogP contribution is -1.94. The van der Waals surface area contributed by atoms with Crippen LogP contribution in [0.3, 0.4) is 0 Å². The predicted molar refractivity (Wildman–Crippen MR) is 113 cm³/mol. The van der Waals surface area contributed by atoms with E-state index >= 15 is 0 Å². The molecule has 3 aromatic carbocycles. The van der Waals surface area contributed by atoms with Crippen molar-refractivity contribution >= 4 is 46.9 Å². The van der Waals surface area contributed by atoms with Crippen molar-refractivity contribution in [1.29, 1.82) is 0 Å². The largest absolute Gasteiger partial charge is 0.391 e. The van der Waals surface area contributed by atoms with Gasteiger partial charge in [0.15, 0.2) is 0 Å². The summed E-state index contributed by atoms with van der Waals surface area (Å²) in [5.41, 5.74) is 1.31. The standard InChI is InChI=1S/C20H14Cl2N2O3S/c21-16-8-7-15(18(22)11-16)13-27-23-12-14-6-9-20(19(10-14)24(25)26)28-17-4-2-1-3-5-17/h1-12H,13H2/b23-12-. The molecule has 28 heavy (non-hydrogen) atoms. The normalized spacial score (nSPS) is 10.9. The number of nitro groups is 1. The summed E-state index contributed by atoms with van der Waals surface area (Å²) in [6.07, 6.45) is 1.42. The molecule has 0 aliphatic rings. The molecule has 0 saturated carbocycles. The smallest absolute Gasteiger partial charge is 0.283 e. The van der Waals surface area contributed by atoms with Crippen LogP contribution in [0, 0.1) is 10.1 Å². The Morgan fingerprint density at radius 3 is 2.57 bits per heavy atom. The second-order valence-electron chi connectivity index (χ2n) is 5.64. The van der Waals surface area contributed by atoms with E-state index in [2.05, 4.69) is 5.16 Å². The highest BCUT2D eigenvalue weighted by Crippen LogP contribution is 2.35. The Labute approximate surface area is 176 Å². The van der Waals surface area contributed by atoms with Crippen LogP contribution in [0.5, 0.6) is 0 Å². The molecule has 0 amide bonds. The molecule has 0 atom stereocenters. The lowest BCUT2D eigenvalue weighted by atomic mass is 10.2.